The Labute approximate surface area is 194 Å². The van der Waals surface area contributed by atoms with E-state index in [4.69, 9.17) is 17.3 Å². The maximum absolute atomic E-state index is 6.14. The van der Waals surface area contributed by atoms with Gasteiger partial charge in [0.05, 0.1) is 0 Å². The number of benzene rings is 2. The summed E-state index contributed by atoms with van der Waals surface area (Å²) in [5, 5.41) is 8.88. The first-order valence-electron chi connectivity index (χ1n) is 11.3. The van der Waals surface area contributed by atoms with Crippen LogP contribution in [0.2, 0.25) is 5.02 Å². The van der Waals surface area contributed by atoms with E-state index in [-0.39, 0.29) is 0 Å². The van der Waals surface area contributed by atoms with Crippen molar-refractivity contribution in [3.63, 3.8) is 0 Å². The normalized spacial score (nSPS) is 20.2. The minimum atomic E-state index is 0.373. The lowest BCUT2D eigenvalue weighted by molar-refractivity contribution is 0.110. The van der Waals surface area contributed by atoms with Gasteiger partial charge >= 0.3 is 0 Å². The van der Waals surface area contributed by atoms with Gasteiger partial charge in [-0.3, -0.25) is 9.88 Å². The fourth-order valence-electron chi connectivity index (χ4n) is 5.18. The topological polar surface area (TPSA) is 77.3 Å². The molecular weight excluding hydrogens is 422 g/mol. The molecule has 1 atom stereocenters. The number of nitrogen functional groups attached to an aromatic ring is 1. The zero-order valence-electron chi connectivity index (χ0n) is 18.4. The fourth-order valence-corrected chi connectivity index (χ4v) is 5.31. The molecule has 0 amide bonds. The van der Waals surface area contributed by atoms with E-state index in [1.54, 1.807) is 0 Å². The summed E-state index contributed by atoms with van der Waals surface area (Å²) in [7, 11) is 2.22. The number of anilines is 3. The largest absolute Gasteiger partial charge is 0.373 e. The Hall–Kier alpha value is -2.77. The van der Waals surface area contributed by atoms with Gasteiger partial charge in [0.1, 0.15) is 0 Å². The molecule has 2 aliphatic heterocycles. The monoisotopic (exact) mass is 451 g/mol. The molecule has 0 radical (unpaired) electrons. The van der Waals surface area contributed by atoms with Crippen molar-refractivity contribution in [2.24, 2.45) is 0 Å². The third-order valence-electron chi connectivity index (χ3n) is 6.82. The molecule has 7 nitrogen and oxygen atoms in total. The van der Waals surface area contributed by atoms with E-state index in [9.17, 15) is 0 Å². The maximum atomic E-state index is 6.14. The van der Waals surface area contributed by atoms with Gasteiger partial charge in [0.15, 0.2) is 0 Å². The van der Waals surface area contributed by atoms with Crippen molar-refractivity contribution in [1.82, 2.24) is 20.1 Å². The number of rotatable bonds is 4. The number of fused-ring (bicyclic) bond motifs is 1. The highest BCUT2D eigenvalue weighted by atomic mass is 35.5. The van der Waals surface area contributed by atoms with Gasteiger partial charge in [-0.15, -0.1) is 10.2 Å². The van der Waals surface area contributed by atoms with Gasteiger partial charge in [0.2, 0.25) is 11.9 Å². The van der Waals surface area contributed by atoms with Crippen molar-refractivity contribution >= 4 is 29.2 Å². The molecule has 1 saturated heterocycles. The first-order valence-corrected chi connectivity index (χ1v) is 11.7. The van der Waals surface area contributed by atoms with Crippen LogP contribution in [0.5, 0.6) is 0 Å². The predicted octanol–water partition coefficient (Wildman–Crippen LogP) is 3.57. The summed E-state index contributed by atoms with van der Waals surface area (Å²) < 4.78 is 0. The Kier molecular flexibility index (Phi) is 5.93. The lowest BCUT2D eigenvalue weighted by Gasteiger charge is -2.42. The molecule has 1 fully saturated rings. The average molecular weight is 452 g/mol. The molecule has 0 aliphatic carbocycles. The molecule has 3 N–H and O–H groups in total. The number of hydrogen-bond donors (Lipinski definition) is 2. The summed E-state index contributed by atoms with van der Waals surface area (Å²) in [6, 6.07) is 18.1. The van der Waals surface area contributed by atoms with E-state index < -0.39 is 0 Å². The van der Waals surface area contributed by atoms with Gasteiger partial charge < -0.3 is 15.5 Å². The molecule has 168 valence electrons. The van der Waals surface area contributed by atoms with E-state index in [0.29, 0.717) is 18.0 Å². The number of H-pyrrole nitrogens is 1. The maximum Gasteiger partial charge on any atom is 0.226 e. The van der Waals surface area contributed by atoms with Crippen LogP contribution in [0.1, 0.15) is 24.0 Å². The minimum absolute atomic E-state index is 0.373. The number of nitrogens with zero attached hydrogens (tertiary/aromatic N) is 5. The van der Waals surface area contributed by atoms with E-state index >= 15 is 0 Å². The summed E-state index contributed by atoms with van der Waals surface area (Å²) in [5.74, 6) is 1.15. The van der Waals surface area contributed by atoms with Crippen LogP contribution in [-0.4, -0.2) is 58.8 Å². The van der Waals surface area contributed by atoms with Gasteiger partial charge in [-0.25, -0.2) is 0 Å². The molecule has 3 aromatic rings. The van der Waals surface area contributed by atoms with Crippen molar-refractivity contribution in [3.05, 3.63) is 64.7 Å². The van der Waals surface area contributed by atoms with Crippen LogP contribution in [0.25, 0.3) is 0 Å². The van der Waals surface area contributed by atoms with Crippen molar-refractivity contribution in [2.45, 2.75) is 37.9 Å². The number of aromatic amines is 1. The van der Waals surface area contributed by atoms with Crippen LogP contribution in [0.15, 0.2) is 48.5 Å². The Balaban J connectivity index is 1.38. The van der Waals surface area contributed by atoms with E-state index in [2.05, 4.69) is 73.3 Å². The molecule has 0 bridgehead atoms. The summed E-state index contributed by atoms with van der Waals surface area (Å²) in [5.41, 5.74) is 9.80. The second-order valence-electron chi connectivity index (χ2n) is 8.92. The van der Waals surface area contributed by atoms with Crippen molar-refractivity contribution < 1.29 is 0 Å². The number of likely N-dealkylation sites (N-methyl/N-ethyl adjacent to an activating group) is 1. The van der Waals surface area contributed by atoms with Crippen molar-refractivity contribution in [1.29, 1.82) is 0 Å². The molecule has 1 aromatic heterocycles. The summed E-state index contributed by atoms with van der Waals surface area (Å²) in [6.07, 6.45) is 3.18. The van der Waals surface area contributed by atoms with E-state index in [0.717, 1.165) is 56.4 Å². The zero-order valence-corrected chi connectivity index (χ0v) is 19.2. The van der Waals surface area contributed by atoms with Crippen LogP contribution in [0, 0.1) is 0 Å². The standard InChI is InChI=1S/C24H30ClN7/c1-30-16-21(14-17-6-8-19(25)9-7-17)32(15-18-4-2-3-5-22(18)30)20-10-12-31(13-11-20)24-27-23(26)28-29-24/h2-9,20-21H,10-16H2,1H3,(H3,26,27,28,29). The quantitative estimate of drug-likeness (QED) is 0.631. The molecule has 1 unspecified atom stereocenters. The van der Waals surface area contributed by atoms with Gasteiger partial charge in [0, 0.05) is 56.0 Å². The Morgan fingerprint density at radius 1 is 1.06 bits per heavy atom. The van der Waals surface area contributed by atoms with E-state index in [1.807, 2.05) is 12.1 Å². The smallest absolute Gasteiger partial charge is 0.226 e. The van der Waals surface area contributed by atoms with Crippen LogP contribution in [0.4, 0.5) is 17.6 Å². The van der Waals surface area contributed by atoms with Crippen LogP contribution < -0.4 is 15.5 Å². The van der Waals surface area contributed by atoms with E-state index in [1.165, 1.54) is 16.8 Å². The molecule has 5 rings (SSSR count). The summed E-state index contributed by atoms with van der Waals surface area (Å²) >= 11 is 6.14. The summed E-state index contributed by atoms with van der Waals surface area (Å²) in [4.78, 5) is 10.5. The van der Waals surface area contributed by atoms with Crippen molar-refractivity contribution in [2.75, 3.05) is 42.2 Å². The average Bonchev–Trinajstić information content (AvgIpc) is 3.19. The number of para-hydroxylation sites is 1. The number of aromatic nitrogens is 3. The number of nitrogens with one attached hydrogen (secondary N) is 1. The van der Waals surface area contributed by atoms with Gasteiger partial charge in [-0.05, 0) is 48.6 Å². The predicted molar refractivity (Wildman–Crippen MR) is 130 cm³/mol. The first-order chi connectivity index (χ1) is 15.6. The van der Waals surface area contributed by atoms with Gasteiger partial charge in [-0.2, -0.15) is 0 Å². The lowest BCUT2D eigenvalue weighted by atomic mass is 9.97. The number of piperidine rings is 1. The highest BCUT2D eigenvalue weighted by molar-refractivity contribution is 6.30. The molecule has 32 heavy (non-hydrogen) atoms. The summed E-state index contributed by atoms with van der Waals surface area (Å²) in [6.45, 7) is 3.86. The second-order valence-corrected chi connectivity index (χ2v) is 9.35. The van der Waals surface area contributed by atoms with Gasteiger partial charge in [-0.1, -0.05) is 41.9 Å². The van der Waals surface area contributed by atoms with Crippen LogP contribution in [0.3, 0.4) is 0 Å². The second kappa shape index (κ2) is 9.00. The highest BCUT2D eigenvalue weighted by Gasteiger charge is 2.34. The lowest BCUT2D eigenvalue weighted by Crippen LogP contribution is -2.51. The molecule has 0 spiro atoms. The SMILES string of the molecule is CN1CC(Cc2ccc(Cl)cc2)N(C2CCN(c3nnc(N)[nH]3)CC2)Cc2ccccc21. The Morgan fingerprint density at radius 3 is 2.53 bits per heavy atom. The highest BCUT2D eigenvalue weighted by Crippen LogP contribution is 2.32. The Bertz CT molecular complexity index is 1040. The number of hydrogen-bond acceptors (Lipinski definition) is 6. The third kappa shape index (κ3) is 4.40. The Morgan fingerprint density at radius 2 is 1.81 bits per heavy atom. The zero-order chi connectivity index (χ0) is 22.1. The molecule has 0 saturated carbocycles. The van der Waals surface area contributed by atoms with Gasteiger partial charge in [0.25, 0.3) is 0 Å². The molecular formula is C24H30ClN7. The number of halogens is 1. The molecule has 8 heteroatoms. The number of nitrogens with two attached hydrogens (primary N) is 1. The van der Waals surface area contributed by atoms with Crippen molar-refractivity contribution in [3.8, 4) is 0 Å². The van der Waals surface area contributed by atoms with Crippen LogP contribution >= 0.6 is 11.6 Å². The fraction of sp³-hybridized carbons (Fsp3) is 0.417. The third-order valence-corrected chi connectivity index (χ3v) is 7.07. The molecule has 2 aromatic carbocycles. The first kappa shape index (κ1) is 21.1. The van der Waals surface area contributed by atoms with Crippen LogP contribution in [-0.2, 0) is 13.0 Å². The molecule has 3 heterocycles. The molecule has 2 aliphatic rings. The minimum Gasteiger partial charge on any atom is -0.373 e.